The van der Waals surface area contributed by atoms with Gasteiger partial charge in [0.05, 0.1) is 6.54 Å². The fourth-order valence-corrected chi connectivity index (χ4v) is 2.14. The topological polar surface area (TPSA) is 40.6 Å². The molecule has 0 unspecified atom stereocenters. The Kier molecular flexibility index (Phi) is 5.74. The van der Waals surface area contributed by atoms with Crippen molar-refractivity contribution in [3.8, 4) is 0 Å². The number of carbonyl (C=O) groups excluding carboxylic acids is 2. The Labute approximate surface area is 121 Å². The van der Waals surface area contributed by atoms with Crippen molar-refractivity contribution in [3.63, 3.8) is 0 Å². The van der Waals surface area contributed by atoms with Crippen molar-refractivity contribution in [1.29, 1.82) is 0 Å². The highest BCUT2D eigenvalue weighted by molar-refractivity contribution is 5.97. The Balaban J connectivity index is 2.82. The van der Waals surface area contributed by atoms with Gasteiger partial charge in [-0.2, -0.15) is 0 Å². The minimum Gasteiger partial charge on any atom is -0.342 e. The normalized spacial score (nSPS) is 10.2. The van der Waals surface area contributed by atoms with Crippen LogP contribution in [0.3, 0.4) is 0 Å². The van der Waals surface area contributed by atoms with Crippen LogP contribution in [0.1, 0.15) is 35.3 Å². The van der Waals surface area contributed by atoms with Gasteiger partial charge in [-0.25, -0.2) is 0 Å². The molecule has 0 aliphatic heterocycles. The van der Waals surface area contributed by atoms with Crippen molar-refractivity contribution in [3.05, 3.63) is 34.9 Å². The number of amides is 2. The Morgan fingerprint density at radius 2 is 1.70 bits per heavy atom. The maximum Gasteiger partial charge on any atom is 0.254 e. The molecule has 1 aromatic rings. The molecule has 0 N–H and O–H groups in total. The van der Waals surface area contributed by atoms with Crippen molar-refractivity contribution in [2.45, 2.75) is 27.7 Å². The van der Waals surface area contributed by atoms with Crippen molar-refractivity contribution in [2.24, 2.45) is 0 Å². The van der Waals surface area contributed by atoms with E-state index in [2.05, 4.69) is 0 Å². The van der Waals surface area contributed by atoms with E-state index >= 15 is 0 Å². The third kappa shape index (κ3) is 3.59. The summed E-state index contributed by atoms with van der Waals surface area (Å²) in [6, 6.07) is 5.66. The van der Waals surface area contributed by atoms with Gasteiger partial charge in [0.1, 0.15) is 0 Å². The second-order valence-corrected chi connectivity index (χ2v) is 4.97. The molecule has 0 saturated heterocycles. The summed E-state index contributed by atoms with van der Waals surface area (Å²) in [5, 5.41) is 0. The lowest BCUT2D eigenvalue weighted by Gasteiger charge is -2.23. The molecule has 4 nitrogen and oxygen atoms in total. The number of hydrogen-bond acceptors (Lipinski definition) is 2. The van der Waals surface area contributed by atoms with E-state index in [9.17, 15) is 9.59 Å². The Morgan fingerprint density at radius 1 is 1.10 bits per heavy atom. The average molecular weight is 276 g/mol. The van der Waals surface area contributed by atoms with E-state index in [0.717, 1.165) is 11.1 Å². The van der Waals surface area contributed by atoms with E-state index in [1.807, 2.05) is 45.9 Å². The van der Waals surface area contributed by atoms with Crippen molar-refractivity contribution in [1.82, 2.24) is 9.80 Å². The smallest absolute Gasteiger partial charge is 0.254 e. The summed E-state index contributed by atoms with van der Waals surface area (Å²) >= 11 is 0. The number of hydrogen-bond donors (Lipinski definition) is 0. The van der Waals surface area contributed by atoms with Crippen LogP contribution in [0.25, 0.3) is 0 Å². The van der Waals surface area contributed by atoms with Crippen LogP contribution in [-0.4, -0.2) is 48.3 Å². The molecule has 0 aliphatic carbocycles. The summed E-state index contributed by atoms with van der Waals surface area (Å²) in [5.74, 6) is -0.122. The van der Waals surface area contributed by atoms with Crippen LogP contribution < -0.4 is 0 Å². The monoisotopic (exact) mass is 276 g/mol. The van der Waals surface area contributed by atoms with Gasteiger partial charge in [-0.05, 0) is 44.9 Å². The Hall–Kier alpha value is -1.84. The zero-order valence-corrected chi connectivity index (χ0v) is 13.1. The predicted octanol–water partition coefficient (Wildman–Crippen LogP) is 2.24. The summed E-state index contributed by atoms with van der Waals surface area (Å²) in [5.41, 5.74) is 2.72. The molecule has 20 heavy (non-hydrogen) atoms. The van der Waals surface area contributed by atoms with E-state index < -0.39 is 0 Å². The number of likely N-dealkylation sites (N-methyl/N-ethyl adjacent to an activating group) is 2. The molecule has 0 radical (unpaired) electrons. The summed E-state index contributed by atoms with van der Waals surface area (Å²) in [7, 11) is 1.67. The quantitative estimate of drug-likeness (QED) is 0.827. The highest BCUT2D eigenvalue weighted by atomic mass is 16.2. The van der Waals surface area contributed by atoms with Crippen LogP contribution in [0.2, 0.25) is 0 Å². The first-order valence-corrected chi connectivity index (χ1v) is 7.01. The van der Waals surface area contributed by atoms with Gasteiger partial charge in [-0.3, -0.25) is 9.59 Å². The molecular formula is C16H24N2O2. The molecule has 0 aliphatic rings. The molecule has 0 fully saturated rings. The first-order chi connectivity index (χ1) is 9.42. The number of nitrogens with zero attached hydrogens (tertiary/aromatic N) is 2. The van der Waals surface area contributed by atoms with Gasteiger partial charge in [0.15, 0.2) is 0 Å². The molecule has 110 valence electrons. The minimum atomic E-state index is -0.105. The average Bonchev–Trinajstić information content (AvgIpc) is 2.42. The molecular weight excluding hydrogens is 252 g/mol. The largest absolute Gasteiger partial charge is 0.342 e. The standard InChI is InChI=1S/C16H24N2O2/c1-6-18(7-2)15(19)11-17(5)16(20)14-10-8-9-12(3)13(14)4/h8-10H,6-7,11H2,1-5H3. The van der Waals surface area contributed by atoms with Gasteiger partial charge in [0.25, 0.3) is 5.91 Å². The minimum absolute atomic E-state index is 0.0174. The fourth-order valence-electron chi connectivity index (χ4n) is 2.14. The second kappa shape index (κ2) is 7.08. The van der Waals surface area contributed by atoms with Gasteiger partial charge in [-0.1, -0.05) is 12.1 Å². The summed E-state index contributed by atoms with van der Waals surface area (Å²) in [6.45, 7) is 9.24. The van der Waals surface area contributed by atoms with E-state index in [1.165, 1.54) is 4.90 Å². The van der Waals surface area contributed by atoms with Gasteiger partial charge >= 0.3 is 0 Å². The molecule has 1 aromatic carbocycles. The van der Waals surface area contributed by atoms with Crippen molar-refractivity contribution in [2.75, 3.05) is 26.7 Å². The SMILES string of the molecule is CCN(CC)C(=O)CN(C)C(=O)c1cccc(C)c1C. The first-order valence-electron chi connectivity index (χ1n) is 7.01. The van der Waals surface area contributed by atoms with Gasteiger partial charge < -0.3 is 9.80 Å². The molecule has 0 heterocycles. The van der Waals surface area contributed by atoms with Gasteiger partial charge in [0, 0.05) is 25.7 Å². The lowest BCUT2D eigenvalue weighted by atomic mass is 10.0. The third-order valence-electron chi connectivity index (χ3n) is 3.67. The van der Waals surface area contributed by atoms with Gasteiger partial charge in [0.2, 0.25) is 5.91 Å². The molecule has 0 spiro atoms. The second-order valence-electron chi connectivity index (χ2n) is 4.97. The lowest BCUT2D eigenvalue weighted by Crippen LogP contribution is -2.41. The molecule has 4 heteroatoms. The summed E-state index contributed by atoms with van der Waals surface area (Å²) in [4.78, 5) is 27.7. The highest BCUT2D eigenvalue weighted by Gasteiger charge is 2.19. The van der Waals surface area contributed by atoms with Crippen molar-refractivity contribution >= 4 is 11.8 Å². The number of benzene rings is 1. The zero-order chi connectivity index (χ0) is 15.3. The van der Waals surface area contributed by atoms with Crippen LogP contribution in [0.5, 0.6) is 0 Å². The lowest BCUT2D eigenvalue weighted by molar-refractivity contribution is -0.131. The Bertz CT molecular complexity index is 493. The van der Waals surface area contributed by atoms with E-state index in [1.54, 1.807) is 11.9 Å². The summed E-state index contributed by atoms with van der Waals surface area (Å²) in [6.07, 6.45) is 0. The van der Waals surface area contributed by atoms with Crippen LogP contribution in [-0.2, 0) is 4.79 Å². The zero-order valence-electron chi connectivity index (χ0n) is 13.1. The third-order valence-corrected chi connectivity index (χ3v) is 3.67. The van der Waals surface area contributed by atoms with Gasteiger partial charge in [-0.15, -0.1) is 0 Å². The highest BCUT2D eigenvalue weighted by Crippen LogP contribution is 2.14. The molecule has 0 saturated carbocycles. The molecule has 0 bridgehead atoms. The maximum atomic E-state index is 12.4. The first kappa shape index (κ1) is 16.2. The Morgan fingerprint density at radius 3 is 2.25 bits per heavy atom. The molecule has 2 amide bonds. The van der Waals surface area contributed by atoms with Crippen LogP contribution >= 0.6 is 0 Å². The molecule has 0 aromatic heterocycles. The number of aryl methyl sites for hydroxylation is 1. The number of rotatable bonds is 5. The summed E-state index contributed by atoms with van der Waals surface area (Å²) < 4.78 is 0. The predicted molar refractivity (Wildman–Crippen MR) is 80.8 cm³/mol. The fraction of sp³-hybridized carbons (Fsp3) is 0.500. The maximum absolute atomic E-state index is 12.4. The molecule has 1 rings (SSSR count). The van der Waals surface area contributed by atoms with Crippen molar-refractivity contribution < 1.29 is 9.59 Å². The van der Waals surface area contributed by atoms with E-state index in [0.29, 0.717) is 18.7 Å². The van der Waals surface area contributed by atoms with Crippen LogP contribution in [0, 0.1) is 13.8 Å². The van der Waals surface area contributed by atoms with E-state index in [4.69, 9.17) is 0 Å². The van der Waals surface area contributed by atoms with E-state index in [-0.39, 0.29) is 18.4 Å². The number of carbonyl (C=O) groups is 2. The van der Waals surface area contributed by atoms with Crippen LogP contribution in [0.4, 0.5) is 0 Å². The molecule has 0 atom stereocenters. The van der Waals surface area contributed by atoms with Crippen LogP contribution in [0.15, 0.2) is 18.2 Å².